The summed E-state index contributed by atoms with van der Waals surface area (Å²) in [6, 6.07) is 3.13. The first-order valence-electron chi connectivity index (χ1n) is 3.34. The molecule has 0 aliphatic carbocycles. The van der Waals surface area contributed by atoms with Gasteiger partial charge >= 0.3 is 5.91 Å². The molecular weight excluding hydrogens is 192 g/mol. The maximum absolute atomic E-state index is 11.1. The van der Waals surface area contributed by atoms with Gasteiger partial charge in [0.05, 0.1) is 6.26 Å². The van der Waals surface area contributed by atoms with E-state index in [1.165, 1.54) is 12.3 Å². The van der Waals surface area contributed by atoms with Gasteiger partial charge in [-0.1, -0.05) is 0 Å². The molecule has 1 aromatic heterocycles. The Hall–Kier alpha value is -1.60. The average Bonchev–Trinajstić information content (AvgIpc) is 2.66. The van der Waals surface area contributed by atoms with E-state index < -0.39 is 5.91 Å². The molecule has 0 atom stereocenters. The number of thiocarbonyl (C=S) groups is 1. The van der Waals surface area contributed by atoms with Crippen LogP contribution in [0.2, 0.25) is 0 Å². The number of hydrazine groups is 2. The van der Waals surface area contributed by atoms with E-state index in [1.54, 1.807) is 6.07 Å². The first-order chi connectivity index (χ1) is 6.24. The Morgan fingerprint density at radius 1 is 1.54 bits per heavy atom. The first-order valence-corrected chi connectivity index (χ1v) is 3.75. The van der Waals surface area contributed by atoms with Crippen molar-refractivity contribution in [2.45, 2.75) is 0 Å². The Kier molecular flexibility index (Phi) is 3.23. The van der Waals surface area contributed by atoms with Crippen molar-refractivity contribution >= 4 is 23.2 Å². The molecule has 0 aromatic carbocycles. The topological polar surface area (TPSA) is 92.3 Å². The smallest absolute Gasteiger partial charge is 0.305 e. The van der Waals surface area contributed by atoms with Crippen molar-refractivity contribution in [1.29, 1.82) is 0 Å². The number of hydrogen-bond acceptors (Lipinski definition) is 4. The van der Waals surface area contributed by atoms with Crippen LogP contribution in [0.15, 0.2) is 22.8 Å². The number of hydrogen-bond donors (Lipinski definition) is 4. The SMILES string of the molecule is NNC(=S)NNC(=O)c1ccco1. The van der Waals surface area contributed by atoms with Crippen LogP contribution in [0.4, 0.5) is 0 Å². The van der Waals surface area contributed by atoms with Crippen LogP contribution in [0.3, 0.4) is 0 Å². The molecule has 7 heteroatoms. The molecule has 1 rings (SSSR count). The van der Waals surface area contributed by atoms with Gasteiger partial charge in [0.1, 0.15) is 0 Å². The van der Waals surface area contributed by atoms with Crippen molar-refractivity contribution in [1.82, 2.24) is 16.3 Å². The second kappa shape index (κ2) is 4.43. The highest BCUT2D eigenvalue weighted by molar-refractivity contribution is 7.80. The fourth-order valence-electron chi connectivity index (χ4n) is 0.619. The van der Waals surface area contributed by atoms with Crippen LogP contribution in [0.25, 0.3) is 0 Å². The molecule has 0 bridgehead atoms. The van der Waals surface area contributed by atoms with Gasteiger partial charge in [-0.15, -0.1) is 0 Å². The Labute approximate surface area is 79.4 Å². The lowest BCUT2D eigenvalue weighted by molar-refractivity contribution is 0.0916. The van der Waals surface area contributed by atoms with Gasteiger partial charge < -0.3 is 4.42 Å². The molecule has 6 nitrogen and oxygen atoms in total. The van der Waals surface area contributed by atoms with E-state index in [4.69, 9.17) is 10.3 Å². The molecule has 0 spiro atoms. The van der Waals surface area contributed by atoms with Gasteiger partial charge in [0.25, 0.3) is 0 Å². The van der Waals surface area contributed by atoms with Crippen molar-refractivity contribution in [3.05, 3.63) is 24.2 Å². The summed E-state index contributed by atoms with van der Waals surface area (Å²) in [7, 11) is 0. The van der Waals surface area contributed by atoms with Gasteiger partial charge in [-0.3, -0.25) is 21.1 Å². The van der Waals surface area contributed by atoms with Crippen LogP contribution in [0.1, 0.15) is 10.6 Å². The lowest BCUT2D eigenvalue weighted by Crippen LogP contribution is -2.48. The van der Waals surface area contributed by atoms with E-state index >= 15 is 0 Å². The molecule has 0 saturated carbocycles. The molecule has 1 aromatic rings. The summed E-state index contributed by atoms with van der Waals surface area (Å²) in [5.74, 6) is 4.71. The summed E-state index contributed by atoms with van der Waals surface area (Å²) in [5, 5.41) is 0.111. The highest BCUT2D eigenvalue weighted by Gasteiger charge is 2.06. The third-order valence-electron chi connectivity index (χ3n) is 1.17. The number of carbonyl (C=O) groups excluding carboxylic acids is 1. The third kappa shape index (κ3) is 2.73. The van der Waals surface area contributed by atoms with Crippen LogP contribution >= 0.6 is 12.2 Å². The molecular formula is C6H8N4O2S. The molecule has 13 heavy (non-hydrogen) atoms. The van der Waals surface area contributed by atoms with Crippen LogP contribution in [-0.4, -0.2) is 11.0 Å². The number of nitrogens with two attached hydrogens (primary N) is 1. The maximum Gasteiger partial charge on any atom is 0.305 e. The van der Waals surface area contributed by atoms with Gasteiger partial charge in [0.2, 0.25) is 0 Å². The summed E-state index contributed by atoms with van der Waals surface area (Å²) in [5.41, 5.74) is 6.77. The number of furan rings is 1. The van der Waals surface area contributed by atoms with E-state index in [2.05, 4.69) is 28.5 Å². The van der Waals surface area contributed by atoms with Crippen molar-refractivity contribution in [2.75, 3.05) is 0 Å². The Balaban J connectivity index is 2.39. The molecule has 0 aliphatic heterocycles. The molecule has 1 amide bonds. The van der Waals surface area contributed by atoms with Gasteiger partial charge in [0, 0.05) is 0 Å². The monoisotopic (exact) mass is 200 g/mol. The largest absolute Gasteiger partial charge is 0.459 e. The normalized spacial score (nSPS) is 9.00. The third-order valence-corrected chi connectivity index (χ3v) is 1.39. The number of rotatable bonds is 1. The second-order valence-corrected chi connectivity index (χ2v) is 2.44. The van der Waals surface area contributed by atoms with E-state index in [0.29, 0.717) is 0 Å². The number of carbonyl (C=O) groups is 1. The minimum Gasteiger partial charge on any atom is -0.459 e. The molecule has 5 N–H and O–H groups in total. The minimum atomic E-state index is -0.428. The van der Waals surface area contributed by atoms with E-state index in [0.717, 1.165) is 0 Å². The fraction of sp³-hybridized carbons (Fsp3) is 0. The maximum atomic E-state index is 11.1. The van der Waals surface area contributed by atoms with Gasteiger partial charge in [0.15, 0.2) is 10.9 Å². The summed E-state index contributed by atoms with van der Waals surface area (Å²) < 4.78 is 4.81. The quantitative estimate of drug-likeness (QED) is 0.271. The summed E-state index contributed by atoms with van der Waals surface area (Å²) in [6.07, 6.45) is 1.40. The van der Waals surface area contributed by atoms with Crippen molar-refractivity contribution < 1.29 is 9.21 Å². The van der Waals surface area contributed by atoms with Gasteiger partial charge in [-0.05, 0) is 24.4 Å². The molecule has 0 unspecified atom stereocenters. The van der Waals surface area contributed by atoms with Gasteiger partial charge in [-0.25, -0.2) is 5.84 Å². The molecule has 1 heterocycles. The molecule has 70 valence electrons. The number of nitrogens with one attached hydrogen (secondary N) is 3. The lowest BCUT2D eigenvalue weighted by Gasteiger charge is -2.06. The van der Waals surface area contributed by atoms with Crippen molar-refractivity contribution in [3.8, 4) is 0 Å². The molecule has 0 saturated heterocycles. The van der Waals surface area contributed by atoms with E-state index in [9.17, 15) is 4.79 Å². The van der Waals surface area contributed by atoms with Crippen LogP contribution in [0.5, 0.6) is 0 Å². The zero-order valence-corrected chi connectivity index (χ0v) is 7.35. The van der Waals surface area contributed by atoms with Crippen LogP contribution < -0.4 is 22.1 Å². The molecule has 0 aliphatic rings. The summed E-state index contributed by atoms with van der Waals surface area (Å²) in [6.45, 7) is 0. The number of amides is 1. The second-order valence-electron chi connectivity index (χ2n) is 2.03. The first kappa shape index (κ1) is 9.49. The van der Waals surface area contributed by atoms with Crippen molar-refractivity contribution in [2.24, 2.45) is 5.84 Å². The fourth-order valence-corrected chi connectivity index (χ4v) is 0.670. The Morgan fingerprint density at radius 2 is 2.31 bits per heavy atom. The summed E-state index contributed by atoms with van der Waals surface area (Å²) in [4.78, 5) is 11.1. The van der Waals surface area contributed by atoms with Crippen LogP contribution in [0, 0.1) is 0 Å². The predicted molar refractivity (Wildman–Crippen MR) is 49.2 cm³/mol. The minimum absolute atomic E-state index is 0.111. The van der Waals surface area contributed by atoms with Crippen molar-refractivity contribution in [3.63, 3.8) is 0 Å². The Morgan fingerprint density at radius 3 is 2.85 bits per heavy atom. The lowest BCUT2D eigenvalue weighted by atomic mass is 10.4. The van der Waals surface area contributed by atoms with E-state index in [-0.39, 0.29) is 10.9 Å². The highest BCUT2D eigenvalue weighted by atomic mass is 32.1. The average molecular weight is 200 g/mol. The zero-order valence-electron chi connectivity index (χ0n) is 6.53. The standard InChI is InChI=1S/C6H8N4O2S/c7-8-6(13)10-9-5(11)4-2-1-3-12-4/h1-3H,7H2,(H,9,11)(H2,8,10,13). The van der Waals surface area contributed by atoms with Gasteiger partial charge in [-0.2, -0.15) is 0 Å². The Bertz CT molecular complexity index is 298. The van der Waals surface area contributed by atoms with Crippen LogP contribution in [-0.2, 0) is 0 Å². The molecule has 0 fully saturated rings. The highest BCUT2D eigenvalue weighted by Crippen LogP contribution is 1.97. The zero-order chi connectivity index (χ0) is 9.68. The van der Waals surface area contributed by atoms with E-state index in [1.807, 2.05) is 0 Å². The predicted octanol–water partition coefficient (Wildman–Crippen LogP) is -0.738. The molecule has 0 radical (unpaired) electrons. The summed E-state index contributed by atoms with van der Waals surface area (Å²) >= 11 is 4.61.